The van der Waals surface area contributed by atoms with Crippen LogP contribution in [0.25, 0.3) is 10.9 Å². The maximum absolute atomic E-state index is 12.3. The number of nitro benzene ring substituents is 1. The summed E-state index contributed by atoms with van der Waals surface area (Å²) in [5.41, 5.74) is 3.49. The largest absolute Gasteiger partial charge is 0.380 e. The number of nitrogens with one attached hydrogen (secondary N) is 2. The maximum atomic E-state index is 12.3. The molecule has 1 saturated heterocycles. The van der Waals surface area contributed by atoms with Gasteiger partial charge in [-0.1, -0.05) is 24.3 Å². The molecule has 154 valence electrons. The van der Waals surface area contributed by atoms with E-state index in [4.69, 9.17) is 4.74 Å². The van der Waals surface area contributed by atoms with E-state index >= 15 is 0 Å². The molecule has 1 aliphatic rings. The quantitative estimate of drug-likeness (QED) is 0.470. The van der Waals surface area contributed by atoms with Gasteiger partial charge in [0.25, 0.3) is 11.6 Å². The van der Waals surface area contributed by atoms with Crippen LogP contribution in [0.2, 0.25) is 0 Å². The number of hydrogen-bond donors (Lipinski definition) is 2. The van der Waals surface area contributed by atoms with Crippen molar-refractivity contribution in [2.45, 2.75) is 32.4 Å². The second-order valence-corrected chi connectivity index (χ2v) is 7.29. The van der Waals surface area contributed by atoms with Crippen LogP contribution in [0.1, 0.15) is 24.1 Å². The van der Waals surface area contributed by atoms with E-state index in [9.17, 15) is 14.9 Å². The Bertz CT molecular complexity index is 1110. The molecule has 0 radical (unpaired) electrons. The lowest BCUT2D eigenvalue weighted by Crippen LogP contribution is -2.26. The van der Waals surface area contributed by atoms with Crippen LogP contribution in [0.3, 0.4) is 0 Å². The average Bonchev–Trinajstić information content (AvgIpc) is 3.27. The molecule has 4 rings (SSSR count). The molecule has 2 N–H and O–H groups in total. The Morgan fingerprint density at radius 2 is 2.10 bits per heavy atom. The number of para-hydroxylation sites is 1. The molecule has 1 atom stereocenters. The van der Waals surface area contributed by atoms with E-state index in [0.717, 1.165) is 24.1 Å². The minimum atomic E-state index is -0.418. The molecule has 1 unspecified atom stereocenters. The molecule has 0 saturated carbocycles. The van der Waals surface area contributed by atoms with Gasteiger partial charge in [-0.2, -0.15) is 0 Å². The van der Waals surface area contributed by atoms with Gasteiger partial charge in [-0.25, -0.2) is 4.98 Å². The normalized spacial score (nSPS) is 15.8. The van der Waals surface area contributed by atoms with Crippen molar-refractivity contribution in [3.05, 3.63) is 69.9 Å². The Morgan fingerprint density at radius 1 is 1.27 bits per heavy atom. The number of pyridine rings is 1. The number of carbonyl (C=O) groups is 1. The molecule has 0 bridgehead atoms. The van der Waals surface area contributed by atoms with Crippen LogP contribution in [0.5, 0.6) is 0 Å². The summed E-state index contributed by atoms with van der Waals surface area (Å²) in [5, 5.41) is 18.3. The van der Waals surface area contributed by atoms with Crippen LogP contribution >= 0.6 is 0 Å². The van der Waals surface area contributed by atoms with Gasteiger partial charge in [-0.3, -0.25) is 14.9 Å². The van der Waals surface area contributed by atoms with Gasteiger partial charge in [0.2, 0.25) is 0 Å². The first-order chi connectivity index (χ1) is 14.5. The Balaban J connectivity index is 1.52. The summed E-state index contributed by atoms with van der Waals surface area (Å²) in [6.45, 7) is 2.92. The molecule has 8 nitrogen and oxygen atoms in total. The molecular weight excluding hydrogens is 384 g/mol. The van der Waals surface area contributed by atoms with E-state index < -0.39 is 4.92 Å². The zero-order chi connectivity index (χ0) is 21.1. The van der Waals surface area contributed by atoms with Gasteiger partial charge in [0.15, 0.2) is 5.52 Å². The molecule has 1 aromatic heterocycles. The number of rotatable bonds is 6. The van der Waals surface area contributed by atoms with Crippen molar-refractivity contribution in [3.8, 4) is 0 Å². The van der Waals surface area contributed by atoms with Crippen molar-refractivity contribution >= 4 is 33.9 Å². The number of fused-ring (bicyclic) bond motifs is 1. The molecule has 3 aromatic rings. The van der Waals surface area contributed by atoms with Crippen LogP contribution in [0.15, 0.2) is 48.5 Å². The number of anilines is 2. The predicted octanol–water partition coefficient (Wildman–Crippen LogP) is 4.18. The summed E-state index contributed by atoms with van der Waals surface area (Å²) in [6.07, 6.45) is 1.27. The number of nitrogens with zero attached hydrogens (tertiary/aromatic N) is 2. The standard InChI is InChI=1S/C22H22N4O4/c1-14-11-18(17-7-3-8-19(26(28)29)21(17)24-14)23-13-15-5-2-6-16(12-15)25-22(27)20-9-4-10-30-20/h2-3,5-8,11-12,20H,4,9-10,13H2,1H3,(H,23,24)(H,25,27). The highest BCUT2D eigenvalue weighted by Gasteiger charge is 2.23. The molecule has 0 aliphatic carbocycles. The predicted molar refractivity (Wildman–Crippen MR) is 115 cm³/mol. The SMILES string of the molecule is Cc1cc(NCc2cccc(NC(=O)C3CCCO3)c2)c2cccc([N+](=O)[O-])c2n1. The van der Waals surface area contributed by atoms with Gasteiger partial charge in [0.1, 0.15) is 6.10 Å². The Morgan fingerprint density at radius 3 is 2.87 bits per heavy atom. The van der Waals surface area contributed by atoms with Crippen molar-refractivity contribution in [1.29, 1.82) is 0 Å². The number of ether oxygens (including phenoxy) is 1. The number of aromatic nitrogens is 1. The highest BCUT2D eigenvalue weighted by Crippen LogP contribution is 2.30. The fourth-order valence-corrected chi connectivity index (χ4v) is 3.62. The molecule has 0 spiro atoms. The van der Waals surface area contributed by atoms with Gasteiger partial charge in [0.05, 0.1) is 4.92 Å². The number of carbonyl (C=O) groups excluding carboxylic acids is 1. The second-order valence-electron chi connectivity index (χ2n) is 7.29. The molecule has 30 heavy (non-hydrogen) atoms. The first-order valence-corrected chi connectivity index (χ1v) is 9.81. The lowest BCUT2D eigenvalue weighted by molar-refractivity contribution is -0.383. The summed E-state index contributed by atoms with van der Waals surface area (Å²) >= 11 is 0. The molecule has 2 aromatic carbocycles. The van der Waals surface area contributed by atoms with Crippen molar-refractivity contribution in [2.24, 2.45) is 0 Å². The lowest BCUT2D eigenvalue weighted by Gasteiger charge is -2.13. The van der Waals surface area contributed by atoms with Crippen molar-refractivity contribution < 1.29 is 14.5 Å². The zero-order valence-electron chi connectivity index (χ0n) is 16.6. The summed E-state index contributed by atoms with van der Waals surface area (Å²) < 4.78 is 5.42. The van der Waals surface area contributed by atoms with Gasteiger partial charge in [-0.05, 0) is 43.5 Å². The lowest BCUT2D eigenvalue weighted by atomic mass is 10.1. The van der Waals surface area contributed by atoms with Gasteiger partial charge < -0.3 is 15.4 Å². The summed E-state index contributed by atoms with van der Waals surface area (Å²) in [5.74, 6) is -0.124. The van der Waals surface area contributed by atoms with Crippen molar-refractivity contribution in [2.75, 3.05) is 17.2 Å². The van der Waals surface area contributed by atoms with E-state index in [-0.39, 0.29) is 17.7 Å². The Kier molecular flexibility index (Phi) is 5.58. The third-order valence-electron chi connectivity index (χ3n) is 5.04. The van der Waals surface area contributed by atoms with Crippen LogP contribution < -0.4 is 10.6 Å². The van der Waals surface area contributed by atoms with Gasteiger partial charge in [0, 0.05) is 41.7 Å². The zero-order valence-corrected chi connectivity index (χ0v) is 16.6. The van der Waals surface area contributed by atoms with Crippen molar-refractivity contribution in [1.82, 2.24) is 4.98 Å². The van der Waals surface area contributed by atoms with Gasteiger partial charge >= 0.3 is 0 Å². The smallest absolute Gasteiger partial charge is 0.295 e. The fraction of sp³-hybridized carbons (Fsp3) is 0.273. The number of non-ortho nitro benzene ring substituents is 1. The molecule has 1 fully saturated rings. The monoisotopic (exact) mass is 406 g/mol. The number of hydrogen-bond acceptors (Lipinski definition) is 6. The fourth-order valence-electron chi connectivity index (χ4n) is 3.62. The van der Waals surface area contributed by atoms with Gasteiger partial charge in [-0.15, -0.1) is 0 Å². The number of benzene rings is 2. The summed E-state index contributed by atoms with van der Waals surface area (Å²) in [4.78, 5) is 27.5. The van der Waals surface area contributed by atoms with E-state index in [2.05, 4.69) is 15.6 Å². The molecular formula is C22H22N4O4. The number of amides is 1. The van der Waals surface area contributed by atoms with E-state index in [1.165, 1.54) is 6.07 Å². The van der Waals surface area contributed by atoms with E-state index in [0.29, 0.717) is 35.4 Å². The number of nitro groups is 1. The van der Waals surface area contributed by atoms with Crippen LogP contribution in [-0.4, -0.2) is 28.5 Å². The topological polar surface area (TPSA) is 106 Å². The van der Waals surface area contributed by atoms with E-state index in [1.54, 1.807) is 6.07 Å². The number of aryl methyl sites for hydroxylation is 1. The maximum Gasteiger partial charge on any atom is 0.295 e. The molecule has 2 heterocycles. The van der Waals surface area contributed by atoms with Crippen LogP contribution in [0.4, 0.5) is 17.1 Å². The Labute approximate surface area is 173 Å². The highest BCUT2D eigenvalue weighted by molar-refractivity contribution is 5.97. The third kappa shape index (κ3) is 4.23. The highest BCUT2D eigenvalue weighted by atomic mass is 16.6. The molecule has 1 amide bonds. The Hall–Kier alpha value is -3.52. The molecule has 8 heteroatoms. The van der Waals surface area contributed by atoms with Crippen LogP contribution in [-0.2, 0) is 16.1 Å². The summed E-state index contributed by atoms with van der Waals surface area (Å²) in [7, 11) is 0. The van der Waals surface area contributed by atoms with E-state index in [1.807, 2.05) is 43.3 Å². The first kappa shape index (κ1) is 19.8. The van der Waals surface area contributed by atoms with Crippen molar-refractivity contribution in [3.63, 3.8) is 0 Å². The summed E-state index contributed by atoms with van der Waals surface area (Å²) in [6, 6.07) is 14.4. The minimum absolute atomic E-state index is 0.0157. The second kappa shape index (κ2) is 8.46. The van der Waals surface area contributed by atoms with Crippen LogP contribution in [0, 0.1) is 17.0 Å². The first-order valence-electron chi connectivity index (χ1n) is 9.81. The minimum Gasteiger partial charge on any atom is -0.380 e. The average molecular weight is 406 g/mol. The molecule has 1 aliphatic heterocycles. The third-order valence-corrected chi connectivity index (χ3v) is 5.04.